The maximum absolute atomic E-state index is 11.9. The van der Waals surface area contributed by atoms with Crippen molar-refractivity contribution in [2.75, 3.05) is 5.32 Å². The number of nitrogens with one attached hydrogen (secondary N) is 3. The number of amides is 1. The van der Waals surface area contributed by atoms with Crippen molar-refractivity contribution in [3.63, 3.8) is 0 Å². The van der Waals surface area contributed by atoms with Crippen LogP contribution in [0.2, 0.25) is 0 Å². The molecule has 0 atom stereocenters. The Bertz CT molecular complexity index is 778. The molecule has 144 valence electrons. The van der Waals surface area contributed by atoms with Crippen molar-refractivity contribution in [3.8, 4) is 0 Å². The Kier molecular flexibility index (Phi) is 7.80. The first-order chi connectivity index (χ1) is 12.6. The Morgan fingerprint density at radius 1 is 1.04 bits per heavy atom. The zero-order valence-corrected chi connectivity index (χ0v) is 13.9. The van der Waals surface area contributed by atoms with E-state index in [4.69, 9.17) is 21.0 Å². The number of carboxylic acids is 1. The summed E-state index contributed by atoms with van der Waals surface area (Å²) < 4.78 is 31.7. The molecule has 0 spiro atoms. The third-order valence-corrected chi connectivity index (χ3v) is 2.97. The van der Waals surface area contributed by atoms with E-state index in [0.717, 1.165) is 11.3 Å². The van der Waals surface area contributed by atoms with E-state index < -0.39 is 12.1 Å². The van der Waals surface area contributed by atoms with E-state index in [1.165, 1.54) is 0 Å². The second-order valence-corrected chi connectivity index (χ2v) is 5.09. The van der Waals surface area contributed by atoms with Gasteiger partial charge in [0.25, 0.3) is 5.91 Å². The second kappa shape index (κ2) is 9.80. The first kappa shape index (κ1) is 21.5. The summed E-state index contributed by atoms with van der Waals surface area (Å²) in [6.07, 6.45) is -5.08. The maximum Gasteiger partial charge on any atom is 0.490 e. The minimum absolute atomic E-state index is 0.0635. The van der Waals surface area contributed by atoms with Crippen molar-refractivity contribution in [2.45, 2.75) is 12.7 Å². The van der Waals surface area contributed by atoms with Gasteiger partial charge in [-0.3, -0.25) is 10.2 Å². The highest BCUT2D eigenvalue weighted by atomic mass is 19.4. The van der Waals surface area contributed by atoms with Crippen molar-refractivity contribution in [3.05, 3.63) is 65.7 Å². The normalized spacial score (nSPS) is 10.2. The van der Waals surface area contributed by atoms with Gasteiger partial charge in [0.15, 0.2) is 5.96 Å². The summed E-state index contributed by atoms with van der Waals surface area (Å²) in [4.78, 5) is 20.8. The number of anilines is 1. The lowest BCUT2D eigenvalue weighted by Gasteiger charge is -2.07. The molecule has 7 nitrogen and oxygen atoms in total. The first-order valence-corrected chi connectivity index (χ1v) is 7.43. The van der Waals surface area contributed by atoms with Crippen molar-refractivity contribution in [1.29, 1.82) is 5.41 Å². The van der Waals surface area contributed by atoms with Gasteiger partial charge in [-0.2, -0.15) is 13.2 Å². The summed E-state index contributed by atoms with van der Waals surface area (Å²) in [6.45, 7) is 0.488. The fraction of sp³-hybridized carbons (Fsp3) is 0.118. The zero-order valence-electron chi connectivity index (χ0n) is 13.9. The van der Waals surface area contributed by atoms with E-state index in [2.05, 4.69) is 10.6 Å². The fourth-order valence-electron chi connectivity index (χ4n) is 1.70. The lowest BCUT2D eigenvalue weighted by molar-refractivity contribution is -0.192. The summed E-state index contributed by atoms with van der Waals surface area (Å²) >= 11 is 0. The molecule has 0 aromatic heterocycles. The van der Waals surface area contributed by atoms with Crippen LogP contribution in [0.15, 0.2) is 54.6 Å². The van der Waals surface area contributed by atoms with E-state index in [9.17, 15) is 18.0 Å². The topological polar surface area (TPSA) is 128 Å². The number of benzene rings is 2. The quantitative estimate of drug-likeness (QED) is 0.410. The Morgan fingerprint density at radius 3 is 2.00 bits per heavy atom. The van der Waals surface area contributed by atoms with E-state index >= 15 is 0 Å². The number of nitrogens with two attached hydrogens (primary N) is 1. The molecular formula is C17H17F3N4O3. The molecule has 0 heterocycles. The molecule has 6 N–H and O–H groups in total. The molecule has 0 bridgehead atoms. The minimum atomic E-state index is -5.08. The average molecular weight is 382 g/mol. The highest BCUT2D eigenvalue weighted by molar-refractivity contribution is 6.04. The minimum Gasteiger partial charge on any atom is -0.475 e. The lowest BCUT2D eigenvalue weighted by atomic mass is 10.2. The predicted molar refractivity (Wildman–Crippen MR) is 93.3 cm³/mol. The number of carbonyl (C=O) groups is 2. The van der Waals surface area contributed by atoms with E-state index in [1.807, 2.05) is 42.5 Å². The Morgan fingerprint density at radius 2 is 1.56 bits per heavy atom. The van der Waals surface area contributed by atoms with E-state index in [0.29, 0.717) is 12.1 Å². The summed E-state index contributed by atoms with van der Waals surface area (Å²) in [5.74, 6) is -2.96. The van der Waals surface area contributed by atoms with Crippen LogP contribution < -0.4 is 16.4 Å². The Labute approximate surface area is 152 Å². The number of aliphatic carboxylic acids is 1. The molecule has 0 aliphatic rings. The molecular weight excluding hydrogens is 365 g/mol. The van der Waals surface area contributed by atoms with E-state index in [1.54, 1.807) is 12.1 Å². The number of halogens is 3. The van der Waals surface area contributed by atoms with Crippen LogP contribution in [0.5, 0.6) is 0 Å². The van der Waals surface area contributed by atoms with Crippen molar-refractivity contribution in [2.24, 2.45) is 5.73 Å². The standard InChI is InChI=1S/C15H16N4O.C2HF3O2/c16-15(17)18-10-11-6-8-13(9-7-11)19-14(20)12-4-2-1-3-5-12;3-2(4,5)1(6)7/h1-9H,10H2,(H,19,20)(H4,16,17,18);(H,6,7). The van der Waals surface area contributed by atoms with Crippen molar-refractivity contribution < 1.29 is 27.9 Å². The molecule has 10 heteroatoms. The van der Waals surface area contributed by atoms with Gasteiger partial charge in [0.2, 0.25) is 0 Å². The van der Waals surface area contributed by atoms with Crippen LogP contribution >= 0.6 is 0 Å². The molecule has 0 aliphatic heterocycles. The van der Waals surface area contributed by atoms with Gasteiger partial charge in [0.05, 0.1) is 0 Å². The number of alkyl halides is 3. The van der Waals surface area contributed by atoms with Crippen LogP contribution in [0.4, 0.5) is 18.9 Å². The molecule has 0 unspecified atom stereocenters. The number of guanidine groups is 1. The maximum atomic E-state index is 11.9. The molecule has 0 saturated heterocycles. The van der Waals surface area contributed by atoms with Gasteiger partial charge in [-0.25, -0.2) is 4.79 Å². The molecule has 27 heavy (non-hydrogen) atoms. The number of carboxylic acid groups (broad SMARTS) is 1. The SMILES string of the molecule is N=C(N)NCc1ccc(NC(=O)c2ccccc2)cc1.O=C(O)C(F)(F)F. The number of hydrogen-bond acceptors (Lipinski definition) is 3. The molecule has 1 amide bonds. The molecule has 2 aromatic rings. The van der Waals surface area contributed by atoms with Crippen molar-refractivity contribution >= 4 is 23.5 Å². The van der Waals surface area contributed by atoms with Gasteiger partial charge >= 0.3 is 12.1 Å². The van der Waals surface area contributed by atoms with Gasteiger partial charge in [0, 0.05) is 17.8 Å². The largest absolute Gasteiger partial charge is 0.490 e. The van der Waals surface area contributed by atoms with Crippen LogP contribution in [0.1, 0.15) is 15.9 Å². The van der Waals surface area contributed by atoms with E-state index in [-0.39, 0.29) is 11.9 Å². The second-order valence-electron chi connectivity index (χ2n) is 5.09. The zero-order chi connectivity index (χ0) is 20.4. The Balaban J connectivity index is 0.000000445. The Hall–Kier alpha value is -3.56. The summed E-state index contributed by atoms with van der Waals surface area (Å²) in [5.41, 5.74) is 7.55. The number of hydrogen-bond donors (Lipinski definition) is 5. The fourth-order valence-corrected chi connectivity index (χ4v) is 1.70. The highest BCUT2D eigenvalue weighted by Gasteiger charge is 2.38. The highest BCUT2D eigenvalue weighted by Crippen LogP contribution is 2.13. The molecule has 0 saturated carbocycles. The first-order valence-electron chi connectivity index (χ1n) is 7.43. The third kappa shape index (κ3) is 8.38. The number of rotatable bonds is 4. The molecule has 0 aliphatic carbocycles. The molecule has 0 radical (unpaired) electrons. The lowest BCUT2D eigenvalue weighted by Crippen LogP contribution is -2.29. The average Bonchev–Trinajstić information content (AvgIpc) is 2.61. The number of carbonyl (C=O) groups excluding carboxylic acids is 1. The van der Waals surface area contributed by atoms with Gasteiger partial charge in [-0.15, -0.1) is 0 Å². The summed E-state index contributed by atoms with van der Waals surface area (Å²) in [5, 5.41) is 19.8. The molecule has 0 fully saturated rings. The van der Waals surface area contributed by atoms with Crippen LogP contribution in [-0.2, 0) is 11.3 Å². The van der Waals surface area contributed by atoms with Crippen LogP contribution in [-0.4, -0.2) is 29.1 Å². The summed E-state index contributed by atoms with van der Waals surface area (Å²) in [6, 6.07) is 16.4. The molecule has 2 rings (SSSR count). The van der Waals surface area contributed by atoms with Crippen LogP contribution in [0, 0.1) is 5.41 Å². The van der Waals surface area contributed by atoms with Crippen LogP contribution in [0.25, 0.3) is 0 Å². The molecule has 2 aromatic carbocycles. The predicted octanol–water partition coefficient (Wildman–Crippen LogP) is 2.56. The monoisotopic (exact) mass is 382 g/mol. The van der Waals surface area contributed by atoms with Crippen molar-refractivity contribution in [1.82, 2.24) is 5.32 Å². The van der Waals surface area contributed by atoms with Crippen LogP contribution in [0.3, 0.4) is 0 Å². The third-order valence-electron chi connectivity index (χ3n) is 2.97. The van der Waals surface area contributed by atoms with Gasteiger partial charge in [-0.05, 0) is 29.8 Å². The van der Waals surface area contributed by atoms with Gasteiger partial charge in [0.1, 0.15) is 0 Å². The van der Waals surface area contributed by atoms with Gasteiger partial charge in [-0.1, -0.05) is 30.3 Å². The summed E-state index contributed by atoms with van der Waals surface area (Å²) in [7, 11) is 0. The smallest absolute Gasteiger partial charge is 0.475 e. The van der Waals surface area contributed by atoms with Gasteiger partial charge < -0.3 is 21.5 Å².